The fourth-order valence-corrected chi connectivity index (χ4v) is 2.81. The number of carbonyl (C=O) groups is 2. The molecule has 4 nitrogen and oxygen atoms in total. The molecule has 0 aliphatic heterocycles. The average molecular weight is 331 g/mol. The Kier molecular flexibility index (Phi) is 6.68. The monoisotopic (exact) mass is 330 g/mol. The molecule has 6 heteroatoms. The largest absolute Gasteiger partial charge is 0.355 e. The Bertz CT molecular complexity index is 494. The molecule has 0 aliphatic rings. The Balaban J connectivity index is 2.43. The predicted molar refractivity (Wildman–Crippen MR) is 87.5 cm³/mol. The molecule has 0 spiro atoms. The number of nitrogens with zero attached hydrogens (tertiary/aromatic N) is 1. The molecular formula is C15H23ClN2O2S. The molecule has 0 aliphatic carbocycles. The summed E-state index contributed by atoms with van der Waals surface area (Å²) in [5.74, 6) is -0.000353. The van der Waals surface area contributed by atoms with Gasteiger partial charge in [0, 0.05) is 29.8 Å². The van der Waals surface area contributed by atoms with E-state index in [2.05, 4.69) is 5.32 Å². The second kappa shape index (κ2) is 7.80. The quantitative estimate of drug-likeness (QED) is 0.870. The van der Waals surface area contributed by atoms with Crippen LogP contribution in [0.25, 0.3) is 0 Å². The van der Waals surface area contributed by atoms with E-state index < -0.39 is 5.41 Å². The van der Waals surface area contributed by atoms with Gasteiger partial charge in [-0.25, -0.2) is 0 Å². The number of amides is 2. The fourth-order valence-electron chi connectivity index (χ4n) is 1.71. The summed E-state index contributed by atoms with van der Waals surface area (Å²) in [6, 6.07) is 3.77. The summed E-state index contributed by atoms with van der Waals surface area (Å²) in [6.45, 7) is 9.08. The van der Waals surface area contributed by atoms with Crippen LogP contribution in [0, 0.1) is 5.41 Å². The molecule has 1 aromatic rings. The second-order valence-corrected chi connectivity index (χ2v) is 7.67. The Morgan fingerprint density at radius 2 is 2.00 bits per heavy atom. The third-order valence-electron chi connectivity index (χ3n) is 3.02. The van der Waals surface area contributed by atoms with Crippen molar-refractivity contribution in [3.8, 4) is 0 Å². The Labute approximate surface area is 135 Å². The third-order valence-corrected chi connectivity index (χ3v) is 4.23. The standard InChI is InChI=1S/C15H23ClN2O2S/c1-5-18(10-11-6-7-12(16)21-11)13(19)8-9-17-14(20)15(2,3)4/h6-7H,5,8-10H2,1-4H3,(H,17,20). The van der Waals surface area contributed by atoms with Crippen LogP contribution >= 0.6 is 22.9 Å². The summed E-state index contributed by atoms with van der Waals surface area (Å²) in [4.78, 5) is 26.7. The minimum atomic E-state index is -0.429. The normalized spacial score (nSPS) is 11.3. The van der Waals surface area contributed by atoms with Gasteiger partial charge in [0.1, 0.15) is 0 Å². The molecule has 1 rings (SSSR count). The summed E-state index contributed by atoms with van der Waals surface area (Å²) in [6.07, 6.45) is 0.314. The average Bonchev–Trinajstić information content (AvgIpc) is 2.80. The van der Waals surface area contributed by atoms with Crippen LogP contribution < -0.4 is 5.32 Å². The molecule has 0 saturated carbocycles. The maximum Gasteiger partial charge on any atom is 0.225 e. The highest BCUT2D eigenvalue weighted by molar-refractivity contribution is 7.16. The molecular weight excluding hydrogens is 308 g/mol. The molecule has 21 heavy (non-hydrogen) atoms. The lowest BCUT2D eigenvalue weighted by molar-refractivity contribution is -0.132. The van der Waals surface area contributed by atoms with Crippen LogP contribution in [0.2, 0.25) is 4.34 Å². The highest BCUT2D eigenvalue weighted by Crippen LogP contribution is 2.22. The zero-order valence-corrected chi connectivity index (χ0v) is 14.6. The van der Waals surface area contributed by atoms with E-state index in [1.807, 2.05) is 39.8 Å². The van der Waals surface area contributed by atoms with Crippen molar-refractivity contribution in [3.63, 3.8) is 0 Å². The van der Waals surface area contributed by atoms with Gasteiger partial charge in [-0.2, -0.15) is 0 Å². The first-order chi connectivity index (χ1) is 9.74. The number of nitrogens with one attached hydrogen (secondary N) is 1. The summed E-state index contributed by atoms with van der Waals surface area (Å²) in [5.41, 5.74) is -0.429. The minimum absolute atomic E-state index is 0.0382. The van der Waals surface area contributed by atoms with Crippen LogP contribution in [-0.4, -0.2) is 29.8 Å². The Morgan fingerprint density at radius 3 is 2.48 bits per heavy atom. The van der Waals surface area contributed by atoms with E-state index in [-0.39, 0.29) is 11.8 Å². The van der Waals surface area contributed by atoms with Gasteiger partial charge in [0.2, 0.25) is 11.8 Å². The molecule has 0 saturated heterocycles. The summed E-state index contributed by atoms with van der Waals surface area (Å²) >= 11 is 7.38. The zero-order valence-electron chi connectivity index (χ0n) is 13.0. The lowest BCUT2D eigenvalue weighted by atomic mass is 9.96. The summed E-state index contributed by atoms with van der Waals surface area (Å²) in [7, 11) is 0. The first-order valence-electron chi connectivity index (χ1n) is 7.04. The van der Waals surface area contributed by atoms with Crippen molar-refractivity contribution in [2.45, 2.75) is 40.7 Å². The maximum atomic E-state index is 12.2. The number of hydrogen-bond acceptors (Lipinski definition) is 3. The van der Waals surface area contributed by atoms with E-state index >= 15 is 0 Å². The van der Waals surface area contributed by atoms with Crippen molar-refractivity contribution in [2.75, 3.05) is 13.1 Å². The van der Waals surface area contributed by atoms with Crippen molar-refractivity contribution in [1.29, 1.82) is 0 Å². The predicted octanol–water partition coefficient (Wildman–Crippen LogP) is 3.30. The fraction of sp³-hybridized carbons (Fsp3) is 0.600. The van der Waals surface area contributed by atoms with E-state index in [1.165, 1.54) is 11.3 Å². The van der Waals surface area contributed by atoms with E-state index in [9.17, 15) is 9.59 Å². The van der Waals surface area contributed by atoms with Gasteiger partial charge in [0.15, 0.2) is 0 Å². The van der Waals surface area contributed by atoms with Crippen LogP contribution in [0.15, 0.2) is 12.1 Å². The number of rotatable bonds is 6. The van der Waals surface area contributed by atoms with Crippen molar-refractivity contribution in [2.24, 2.45) is 5.41 Å². The smallest absolute Gasteiger partial charge is 0.225 e. The van der Waals surface area contributed by atoms with Crippen LogP contribution in [0.3, 0.4) is 0 Å². The zero-order chi connectivity index (χ0) is 16.0. The minimum Gasteiger partial charge on any atom is -0.355 e. The summed E-state index contributed by atoms with van der Waals surface area (Å²) in [5, 5.41) is 2.80. The van der Waals surface area contributed by atoms with Crippen molar-refractivity contribution in [3.05, 3.63) is 21.3 Å². The highest BCUT2D eigenvalue weighted by atomic mass is 35.5. The van der Waals surface area contributed by atoms with Crippen LogP contribution in [0.5, 0.6) is 0 Å². The number of thiophene rings is 1. The van der Waals surface area contributed by atoms with Gasteiger partial charge in [-0.05, 0) is 19.1 Å². The molecule has 1 aromatic heterocycles. The van der Waals surface area contributed by atoms with Crippen molar-refractivity contribution in [1.82, 2.24) is 10.2 Å². The molecule has 118 valence electrons. The molecule has 1 N–H and O–H groups in total. The van der Waals surface area contributed by atoms with Gasteiger partial charge >= 0.3 is 0 Å². The molecule has 0 bridgehead atoms. The Morgan fingerprint density at radius 1 is 1.33 bits per heavy atom. The molecule has 0 fully saturated rings. The third kappa shape index (κ3) is 6.06. The first kappa shape index (κ1) is 18.0. The lowest BCUT2D eigenvalue weighted by Crippen LogP contribution is -2.38. The van der Waals surface area contributed by atoms with Gasteiger partial charge in [0.25, 0.3) is 0 Å². The first-order valence-corrected chi connectivity index (χ1v) is 8.23. The molecule has 0 radical (unpaired) electrons. The molecule has 0 atom stereocenters. The number of hydrogen-bond donors (Lipinski definition) is 1. The van der Waals surface area contributed by atoms with Gasteiger partial charge in [-0.3, -0.25) is 9.59 Å². The SMILES string of the molecule is CCN(Cc1ccc(Cl)s1)C(=O)CCNC(=O)C(C)(C)C. The maximum absolute atomic E-state index is 12.2. The van der Waals surface area contributed by atoms with E-state index in [4.69, 9.17) is 11.6 Å². The van der Waals surface area contributed by atoms with Gasteiger partial charge in [-0.1, -0.05) is 32.4 Å². The van der Waals surface area contributed by atoms with Gasteiger partial charge in [0.05, 0.1) is 10.9 Å². The van der Waals surface area contributed by atoms with E-state index in [0.717, 1.165) is 9.21 Å². The topological polar surface area (TPSA) is 49.4 Å². The van der Waals surface area contributed by atoms with Crippen molar-refractivity contribution >= 4 is 34.8 Å². The van der Waals surface area contributed by atoms with Crippen LogP contribution in [0.1, 0.15) is 39.0 Å². The van der Waals surface area contributed by atoms with Crippen molar-refractivity contribution < 1.29 is 9.59 Å². The van der Waals surface area contributed by atoms with Gasteiger partial charge < -0.3 is 10.2 Å². The van der Waals surface area contributed by atoms with Crippen LogP contribution in [0.4, 0.5) is 0 Å². The molecule has 0 aromatic carbocycles. The molecule has 2 amide bonds. The van der Waals surface area contributed by atoms with E-state index in [1.54, 1.807) is 4.90 Å². The van der Waals surface area contributed by atoms with Gasteiger partial charge in [-0.15, -0.1) is 11.3 Å². The Hall–Kier alpha value is -1.07. The van der Waals surface area contributed by atoms with E-state index in [0.29, 0.717) is 26.1 Å². The second-order valence-electron chi connectivity index (χ2n) is 5.87. The molecule has 1 heterocycles. The molecule has 0 unspecified atom stereocenters. The highest BCUT2D eigenvalue weighted by Gasteiger charge is 2.21. The van der Waals surface area contributed by atoms with Crippen LogP contribution in [-0.2, 0) is 16.1 Å². The summed E-state index contributed by atoms with van der Waals surface area (Å²) < 4.78 is 0.728. The number of carbonyl (C=O) groups excluding carboxylic acids is 2. The lowest BCUT2D eigenvalue weighted by Gasteiger charge is -2.21. The number of halogens is 1.